The summed E-state index contributed by atoms with van der Waals surface area (Å²) in [6.45, 7) is -0.937. The standard InChI is InChI=1S/C12H12F2N2O4/c13-8-2-1-7(3-9(8)14)4-10(17)15-5-11(18)16-6-12(19)20/h1-3H,4-6H2,(H,15,17)(H,16,18)(H,19,20). The summed E-state index contributed by atoms with van der Waals surface area (Å²) in [7, 11) is 0. The summed E-state index contributed by atoms with van der Waals surface area (Å²) in [5.74, 6) is -4.50. The fourth-order valence-electron chi connectivity index (χ4n) is 1.31. The maximum absolute atomic E-state index is 12.9. The molecule has 6 nitrogen and oxygen atoms in total. The highest BCUT2D eigenvalue weighted by Gasteiger charge is 2.09. The normalized spacial score (nSPS) is 9.90. The Balaban J connectivity index is 2.38. The Morgan fingerprint density at radius 2 is 1.65 bits per heavy atom. The number of hydrogen-bond donors (Lipinski definition) is 3. The van der Waals surface area contributed by atoms with Crippen LogP contribution in [0, 0.1) is 11.6 Å². The van der Waals surface area contributed by atoms with Crippen LogP contribution in [-0.2, 0) is 20.8 Å². The first kappa shape index (κ1) is 15.5. The summed E-state index contributed by atoms with van der Waals surface area (Å²) in [5, 5.41) is 12.6. The lowest BCUT2D eigenvalue weighted by Crippen LogP contribution is -2.39. The van der Waals surface area contributed by atoms with E-state index in [9.17, 15) is 23.2 Å². The molecule has 0 bridgehead atoms. The van der Waals surface area contributed by atoms with Crippen LogP contribution >= 0.6 is 0 Å². The SMILES string of the molecule is O=C(O)CNC(=O)CNC(=O)Cc1ccc(F)c(F)c1. The molecule has 0 unspecified atom stereocenters. The second-order valence-corrected chi connectivity index (χ2v) is 3.87. The molecule has 3 N–H and O–H groups in total. The molecule has 0 aliphatic rings. The molecular weight excluding hydrogens is 274 g/mol. The van der Waals surface area contributed by atoms with E-state index in [0.717, 1.165) is 12.1 Å². The molecular formula is C12H12F2N2O4. The number of aliphatic carboxylic acids is 1. The summed E-state index contributed by atoms with van der Waals surface area (Å²) in [5.41, 5.74) is 0.257. The third-order valence-electron chi connectivity index (χ3n) is 2.23. The molecule has 1 rings (SSSR count). The van der Waals surface area contributed by atoms with Gasteiger partial charge in [-0.2, -0.15) is 0 Å². The predicted octanol–water partition coefficient (Wildman–Crippen LogP) is -0.176. The number of carbonyl (C=O) groups is 3. The van der Waals surface area contributed by atoms with Crippen LogP contribution in [-0.4, -0.2) is 36.0 Å². The molecule has 0 fully saturated rings. The van der Waals surface area contributed by atoms with Gasteiger partial charge in [0.15, 0.2) is 11.6 Å². The van der Waals surface area contributed by atoms with Crippen LogP contribution in [0.15, 0.2) is 18.2 Å². The van der Waals surface area contributed by atoms with Crippen LogP contribution in [0.2, 0.25) is 0 Å². The van der Waals surface area contributed by atoms with E-state index in [-0.39, 0.29) is 12.0 Å². The maximum atomic E-state index is 12.9. The molecule has 0 heterocycles. The number of hydrogen-bond acceptors (Lipinski definition) is 3. The maximum Gasteiger partial charge on any atom is 0.322 e. The van der Waals surface area contributed by atoms with Gasteiger partial charge in [-0.3, -0.25) is 14.4 Å². The molecule has 0 aromatic heterocycles. The van der Waals surface area contributed by atoms with E-state index in [1.54, 1.807) is 0 Å². The summed E-state index contributed by atoms with van der Waals surface area (Å²) < 4.78 is 25.6. The molecule has 8 heteroatoms. The highest BCUT2D eigenvalue weighted by atomic mass is 19.2. The molecule has 108 valence electrons. The molecule has 0 aliphatic heterocycles. The number of rotatable bonds is 6. The van der Waals surface area contributed by atoms with Crippen molar-refractivity contribution >= 4 is 17.8 Å². The van der Waals surface area contributed by atoms with Crippen molar-refractivity contribution in [2.24, 2.45) is 0 Å². The van der Waals surface area contributed by atoms with Crippen LogP contribution < -0.4 is 10.6 Å². The van der Waals surface area contributed by atoms with E-state index in [1.165, 1.54) is 6.07 Å². The van der Waals surface area contributed by atoms with Crippen LogP contribution in [0.3, 0.4) is 0 Å². The van der Waals surface area contributed by atoms with Gasteiger partial charge in [-0.1, -0.05) is 6.07 Å². The topological polar surface area (TPSA) is 95.5 Å². The third kappa shape index (κ3) is 5.42. The van der Waals surface area contributed by atoms with Gasteiger partial charge in [-0.15, -0.1) is 0 Å². The van der Waals surface area contributed by atoms with Crippen molar-refractivity contribution in [3.05, 3.63) is 35.4 Å². The molecule has 20 heavy (non-hydrogen) atoms. The minimum absolute atomic E-state index is 0.219. The van der Waals surface area contributed by atoms with Gasteiger partial charge in [-0.25, -0.2) is 8.78 Å². The molecule has 0 aliphatic carbocycles. The average molecular weight is 286 g/mol. The zero-order chi connectivity index (χ0) is 15.1. The van der Waals surface area contributed by atoms with Crippen LogP contribution in [0.4, 0.5) is 8.78 Å². The first-order valence-electron chi connectivity index (χ1n) is 5.57. The quantitative estimate of drug-likeness (QED) is 0.676. The Morgan fingerprint density at radius 1 is 1.00 bits per heavy atom. The number of carbonyl (C=O) groups excluding carboxylic acids is 2. The lowest BCUT2D eigenvalue weighted by molar-refractivity contribution is -0.137. The lowest BCUT2D eigenvalue weighted by atomic mass is 10.1. The van der Waals surface area contributed by atoms with Crippen molar-refractivity contribution in [2.75, 3.05) is 13.1 Å². The van der Waals surface area contributed by atoms with E-state index in [0.29, 0.717) is 0 Å². The monoisotopic (exact) mass is 286 g/mol. The Hall–Kier alpha value is -2.51. The Kier molecular flexibility index (Phi) is 5.57. The lowest BCUT2D eigenvalue weighted by Gasteiger charge is -2.06. The summed E-state index contributed by atoms with van der Waals surface area (Å²) in [6, 6.07) is 3.04. The third-order valence-corrected chi connectivity index (χ3v) is 2.23. The Morgan fingerprint density at radius 3 is 2.25 bits per heavy atom. The fourth-order valence-corrected chi connectivity index (χ4v) is 1.31. The van der Waals surface area contributed by atoms with Gasteiger partial charge < -0.3 is 15.7 Å². The zero-order valence-electron chi connectivity index (χ0n) is 10.3. The van der Waals surface area contributed by atoms with Gasteiger partial charge in [0, 0.05) is 0 Å². The number of carboxylic acid groups (broad SMARTS) is 1. The first-order valence-corrected chi connectivity index (χ1v) is 5.57. The molecule has 0 saturated heterocycles. The molecule has 2 amide bonds. The van der Waals surface area contributed by atoms with Crippen molar-refractivity contribution in [2.45, 2.75) is 6.42 Å². The van der Waals surface area contributed by atoms with Crippen molar-refractivity contribution in [1.29, 1.82) is 0 Å². The second-order valence-electron chi connectivity index (χ2n) is 3.87. The highest BCUT2D eigenvalue weighted by molar-refractivity contribution is 5.87. The number of halogens is 2. The molecule has 0 spiro atoms. The summed E-state index contributed by atoms with van der Waals surface area (Å²) in [6.07, 6.45) is -0.219. The highest BCUT2D eigenvalue weighted by Crippen LogP contribution is 2.08. The van der Waals surface area contributed by atoms with Crippen molar-refractivity contribution in [3.8, 4) is 0 Å². The van der Waals surface area contributed by atoms with E-state index in [2.05, 4.69) is 10.6 Å². The van der Waals surface area contributed by atoms with Gasteiger partial charge in [0.1, 0.15) is 6.54 Å². The van der Waals surface area contributed by atoms with Crippen molar-refractivity contribution in [1.82, 2.24) is 10.6 Å². The number of amides is 2. The summed E-state index contributed by atoms with van der Waals surface area (Å²) in [4.78, 5) is 32.7. The molecule has 1 aromatic carbocycles. The number of benzene rings is 1. The minimum Gasteiger partial charge on any atom is -0.480 e. The van der Waals surface area contributed by atoms with Crippen LogP contribution in [0.5, 0.6) is 0 Å². The molecule has 0 atom stereocenters. The smallest absolute Gasteiger partial charge is 0.322 e. The Bertz CT molecular complexity index is 534. The minimum atomic E-state index is -1.20. The van der Waals surface area contributed by atoms with Gasteiger partial charge in [0.2, 0.25) is 11.8 Å². The van der Waals surface area contributed by atoms with Gasteiger partial charge in [0.25, 0.3) is 0 Å². The van der Waals surface area contributed by atoms with Crippen molar-refractivity contribution in [3.63, 3.8) is 0 Å². The van der Waals surface area contributed by atoms with Gasteiger partial charge in [0.05, 0.1) is 13.0 Å². The average Bonchev–Trinajstić information content (AvgIpc) is 2.38. The van der Waals surface area contributed by atoms with Crippen molar-refractivity contribution < 1.29 is 28.3 Å². The number of carboxylic acids is 1. The molecule has 0 radical (unpaired) electrons. The zero-order valence-corrected chi connectivity index (χ0v) is 10.3. The first-order chi connectivity index (χ1) is 9.38. The van der Waals surface area contributed by atoms with E-state index in [1.807, 2.05) is 0 Å². The van der Waals surface area contributed by atoms with Gasteiger partial charge in [-0.05, 0) is 17.7 Å². The summed E-state index contributed by atoms with van der Waals surface area (Å²) >= 11 is 0. The fraction of sp³-hybridized carbons (Fsp3) is 0.250. The molecule has 1 aromatic rings. The van der Waals surface area contributed by atoms with E-state index >= 15 is 0 Å². The van der Waals surface area contributed by atoms with E-state index in [4.69, 9.17) is 5.11 Å². The van der Waals surface area contributed by atoms with E-state index < -0.39 is 42.5 Å². The van der Waals surface area contributed by atoms with Gasteiger partial charge >= 0.3 is 5.97 Å². The predicted molar refractivity (Wildman–Crippen MR) is 63.7 cm³/mol. The second kappa shape index (κ2) is 7.17. The van der Waals surface area contributed by atoms with Crippen LogP contribution in [0.1, 0.15) is 5.56 Å². The molecule has 0 saturated carbocycles. The largest absolute Gasteiger partial charge is 0.480 e. The Labute approximate surface area is 112 Å². The number of nitrogens with one attached hydrogen (secondary N) is 2. The van der Waals surface area contributed by atoms with Crippen LogP contribution in [0.25, 0.3) is 0 Å².